The largest absolute Gasteiger partial charge is 0.323 e. The molecule has 0 N–H and O–H groups in total. The standard InChI is InChI=1S/C19H20N2O/c1-20(2)10-5-8-18-17-7-4-3-6-16(17)9-11-21-13-15(14-22)12-19(18)21/h3-4,6-9,11-14H,5,10H2,1-2H3/b18-8+. The maximum Gasteiger partial charge on any atom is 0.151 e. The van der Waals surface area contributed by atoms with E-state index in [4.69, 9.17) is 0 Å². The molecular formula is C19H20N2O. The molecule has 0 spiro atoms. The molecule has 0 atom stereocenters. The number of nitrogens with zero attached hydrogens (tertiary/aromatic N) is 2. The van der Waals surface area contributed by atoms with E-state index >= 15 is 0 Å². The molecular weight excluding hydrogens is 272 g/mol. The number of rotatable bonds is 4. The molecule has 1 aliphatic heterocycles. The van der Waals surface area contributed by atoms with Crippen molar-refractivity contribution < 1.29 is 4.79 Å². The Hall–Kier alpha value is -2.39. The van der Waals surface area contributed by atoms with Crippen molar-refractivity contribution in [3.8, 4) is 0 Å². The van der Waals surface area contributed by atoms with Gasteiger partial charge in [0.15, 0.2) is 6.29 Å². The molecule has 3 rings (SSSR count). The second-order valence-corrected chi connectivity index (χ2v) is 5.80. The first kappa shape index (κ1) is 14.5. The van der Waals surface area contributed by atoms with Gasteiger partial charge in [-0.3, -0.25) is 4.79 Å². The van der Waals surface area contributed by atoms with Crippen LogP contribution >= 0.6 is 0 Å². The number of carbonyl (C=O) groups is 1. The fraction of sp³-hybridized carbons (Fsp3) is 0.211. The highest BCUT2D eigenvalue weighted by atomic mass is 16.1. The van der Waals surface area contributed by atoms with Gasteiger partial charge in [0.25, 0.3) is 0 Å². The van der Waals surface area contributed by atoms with Crippen molar-refractivity contribution in [2.24, 2.45) is 0 Å². The molecule has 0 radical (unpaired) electrons. The average Bonchev–Trinajstić information content (AvgIpc) is 2.87. The van der Waals surface area contributed by atoms with E-state index in [9.17, 15) is 4.79 Å². The summed E-state index contributed by atoms with van der Waals surface area (Å²) in [6.07, 6.45) is 10.1. The summed E-state index contributed by atoms with van der Waals surface area (Å²) < 4.78 is 2.03. The van der Waals surface area contributed by atoms with E-state index in [0.717, 1.165) is 24.9 Å². The molecule has 1 aromatic carbocycles. The third-order valence-electron chi connectivity index (χ3n) is 3.87. The van der Waals surface area contributed by atoms with E-state index in [1.807, 2.05) is 23.0 Å². The number of benzene rings is 1. The Balaban J connectivity index is 2.11. The van der Waals surface area contributed by atoms with Crippen molar-refractivity contribution in [2.75, 3.05) is 20.6 Å². The molecule has 1 aliphatic rings. The van der Waals surface area contributed by atoms with E-state index in [-0.39, 0.29) is 0 Å². The van der Waals surface area contributed by atoms with Gasteiger partial charge in [0.1, 0.15) is 0 Å². The average molecular weight is 292 g/mol. The summed E-state index contributed by atoms with van der Waals surface area (Å²) >= 11 is 0. The minimum absolute atomic E-state index is 0.706. The van der Waals surface area contributed by atoms with E-state index in [0.29, 0.717) is 5.56 Å². The zero-order valence-electron chi connectivity index (χ0n) is 13.0. The van der Waals surface area contributed by atoms with Gasteiger partial charge in [-0.15, -0.1) is 0 Å². The van der Waals surface area contributed by atoms with Gasteiger partial charge in [0.2, 0.25) is 0 Å². The summed E-state index contributed by atoms with van der Waals surface area (Å²) in [4.78, 5) is 13.3. The molecule has 3 nitrogen and oxygen atoms in total. The molecule has 22 heavy (non-hydrogen) atoms. The molecule has 0 saturated carbocycles. The topological polar surface area (TPSA) is 25.2 Å². The normalized spacial score (nSPS) is 14.8. The summed E-state index contributed by atoms with van der Waals surface area (Å²) in [5.74, 6) is 0. The summed E-state index contributed by atoms with van der Waals surface area (Å²) in [5.41, 5.74) is 5.39. The second-order valence-electron chi connectivity index (χ2n) is 5.80. The number of carbonyl (C=O) groups excluding carboxylic acids is 1. The maximum atomic E-state index is 11.1. The lowest BCUT2D eigenvalue weighted by Crippen LogP contribution is -2.12. The summed E-state index contributed by atoms with van der Waals surface area (Å²) in [7, 11) is 4.16. The van der Waals surface area contributed by atoms with Crippen LogP contribution in [-0.4, -0.2) is 36.4 Å². The van der Waals surface area contributed by atoms with Crippen molar-refractivity contribution in [2.45, 2.75) is 6.42 Å². The van der Waals surface area contributed by atoms with Crippen molar-refractivity contribution in [1.29, 1.82) is 0 Å². The molecule has 2 aromatic rings. The Morgan fingerprint density at radius 2 is 2.05 bits per heavy atom. The van der Waals surface area contributed by atoms with E-state index in [2.05, 4.69) is 55.4 Å². The van der Waals surface area contributed by atoms with Gasteiger partial charge in [-0.2, -0.15) is 0 Å². The fourth-order valence-electron chi connectivity index (χ4n) is 2.77. The first-order chi connectivity index (χ1) is 10.7. The van der Waals surface area contributed by atoms with Crippen LogP contribution in [0.25, 0.3) is 17.8 Å². The summed E-state index contributed by atoms with van der Waals surface area (Å²) in [5, 5.41) is 0. The van der Waals surface area contributed by atoms with Crippen LogP contribution in [0.4, 0.5) is 0 Å². The van der Waals surface area contributed by atoms with E-state index < -0.39 is 0 Å². The predicted molar refractivity (Wildman–Crippen MR) is 91.7 cm³/mol. The highest BCUT2D eigenvalue weighted by molar-refractivity contribution is 5.90. The number of aldehydes is 1. The zero-order valence-corrected chi connectivity index (χ0v) is 13.0. The lowest BCUT2D eigenvalue weighted by molar-refractivity contribution is 0.112. The van der Waals surface area contributed by atoms with Crippen molar-refractivity contribution in [3.63, 3.8) is 0 Å². The Bertz CT molecular complexity index is 751. The lowest BCUT2D eigenvalue weighted by atomic mass is 9.96. The Morgan fingerprint density at radius 3 is 2.82 bits per heavy atom. The fourth-order valence-corrected chi connectivity index (χ4v) is 2.77. The van der Waals surface area contributed by atoms with Crippen molar-refractivity contribution in [1.82, 2.24) is 9.47 Å². The van der Waals surface area contributed by atoms with E-state index in [1.54, 1.807) is 0 Å². The Labute approximate surface area is 131 Å². The highest BCUT2D eigenvalue weighted by Crippen LogP contribution is 2.32. The molecule has 0 bridgehead atoms. The number of aromatic nitrogens is 1. The van der Waals surface area contributed by atoms with Gasteiger partial charge in [-0.1, -0.05) is 30.3 Å². The number of hydrogen-bond donors (Lipinski definition) is 0. The molecule has 3 heteroatoms. The zero-order chi connectivity index (χ0) is 15.5. The molecule has 2 heterocycles. The smallest absolute Gasteiger partial charge is 0.151 e. The second kappa shape index (κ2) is 6.16. The van der Waals surface area contributed by atoms with Gasteiger partial charge >= 0.3 is 0 Å². The van der Waals surface area contributed by atoms with Crippen LogP contribution < -0.4 is 0 Å². The van der Waals surface area contributed by atoms with Crippen LogP contribution in [0.2, 0.25) is 0 Å². The van der Waals surface area contributed by atoms with Crippen LogP contribution in [0, 0.1) is 0 Å². The number of hydrogen-bond acceptors (Lipinski definition) is 2. The van der Waals surface area contributed by atoms with Gasteiger partial charge in [0.05, 0.1) is 5.69 Å². The number of fused-ring (bicyclic) bond motifs is 2. The molecule has 0 unspecified atom stereocenters. The molecule has 112 valence electrons. The quantitative estimate of drug-likeness (QED) is 0.686. The predicted octanol–water partition coefficient (Wildman–Crippen LogP) is 3.63. The van der Waals surface area contributed by atoms with Gasteiger partial charge in [0, 0.05) is 30.1 Å². The van der Waals surface area contributed by atoms with Crippen molar-refractivity contribution >= 4 is 24.1 Å². The Morgan fingerprint density at radius 1 is 1.23 bits per heavy atom. The monoisotopic (exact) mass is 292 g/mol. The van der Waals surface area contributed by atoms with Gasteiger partial charge in [-0.25, -0.2) is 0 Å². The van der Waals surface area contributed by atoms with Crippen LogP contribution in [-0.2, 0) is 0 Å². The van der Waals surface area contributed by atoms with E-state index in [1.165, 1.54) is 16.7 Å². The molecule has 0 fully saturated rings. The first-order valence-electron chi connectivity index (χ1n) is 7.49. The van der Waals surface area contributed by atoms with Crippen LogP contribution in [0.15, 0.2) is 42.6 Å². The van der Waals surface area contributed by atoms with Crippen molar-refractivity contribution in [3.05, 3.63) is 65.0 Å². The minimum Gasteiger partial charge on any atom is -0.323 e. The van der Waals surface area contributed by atoms with Crippen LogP contribution in [0.3, 0.4) is 0 Å². The van der Waals surface area contributed by atoms with Gasteiger partial charge < -0.3 is 9.47 Å². The van der Waals surface area contributed by atoms with Crippen LogP contribution in [0.5, 0.6) is 0 Å². The molecule has 1 aromatic heterocycles. The first-order valence-corrected chi connectivity index (χ1v) is 7.49. The Kier molecular flexibility index (Phi) is 4.07. The molecule has 0 amide bonds. The lowest BCUT2D eigenvalue weighted by Gasteiger charge is -2.12. The summed E-state index contributed by atoms with van der Waals surface area (Å²) in [6, 6.07) is 10.3. The third kappa shape index (κ3) is 2.81. The highest BCUT2D eigenvalue weighted by Gasteiger charge is 2.16. The molecule has 0 saturated heterocycles. The molecule has 0 aliphatic carbocycles. The third-order valence-corrected chi connectivity index (χ3v) is 3.87. The van der Waals surface area contributed by atoms with Gasteiger partial charge in [-0.05, 0) is 43.8 Å². The van der Waals surface area contributed by atoms with Crippen LogP contribution in [0.1, 0.15) is 33.6 Å². The summed E-state index contributed by atoms with van der Waals surface area (Å²) in [6.45, 7) is 1.00. The SMILES string of the molecule is CN(C)CC/C=C1\c2ccccc2C=Cn2cc(C=O)cc21. The maximum absolute atomic E-state index is 11.1. The minimum atomic E-state index is 0.706.